The van der Waals surface area contributed by atoms with Gasteiger partial charge in [0.2, 0.25) is 0 Å². The van der Waals surface area contributed by atoms with Crippen molar-refractivity contribution in [3.05, 3.63) is 29.3 Å². The number of nitrogens with zero attached hydrogens (tertiary/aromatic N) is 2. The van der Waals surface area contributed by atoms with Crippen LogP contribution in [0.2, 0.25) is 0 Å². The van der Waals surface area contributed by atoms with Crippen LogP contribution in [0.25, 0.3) is 0 Å². The molecule has 0 amide bonds. The van der Waals surface area contributed by atoms with E-state index in [0.29, 0.717) is 30.6 Å². The fourth-order valence-corrected chi connectivity index (χ4v) is 2.75. The Labute approximate surface area is 122 Å². The largest absolute Gasteiger partial charge is 0.416 e. The maximum atomic E-state index is 12.7. The summed E-state index contributed by atoms with van der Waals surface area (Å²) in [5.74, 6) is 0.791. The zero-order valence-electron chi connectivity index (χ0n) is 11.8. The molecule has 0 aliphatic carbocycles. The van der Waals surface area contributed by atoms with E-state index in [1.54, 1.807) is 0 Å². The molecule has 2 N–H and O–H groups in total. The van der Waals surface area contributed by atoms with Gasteiger partial charge < -0.3 is 10.6 Å². The van der Waals surface area contributed by atoms with Gasteiger partial charge in [-0.3, -0.25) is 0 Å². The standard InChI is InChI=1S/C15H18F3N3/c1-10-4-5-21(9-12(10)8-20)14-3-2-13(15(16,17)18)6-11(14)7-19/h2-3,6,10,12H,4-5,8-9,20H2,1H3. The van der Waals surface area contributed by atoms with Gasteiger partial charge in [-0.15, -0.1) is 0 Å². The average Bonchev–Trinajstić information content (AvgIpc) is 2.46. The molecule has 114 valence electrons. The lowest BCUT2D eigenvalue weighted by Crippen LogP contribution is -2.43. The third-order valence-corrected chi connectivity index (χ3v) is 4.20. The molecule has 1 aliphatic heterocycles. The van der Waals surface area contributed by atoms with E-state index >= 15 is 0 Å². The van der Waals surface area contributed by atoms with Crippen molar-refractivity contribution in [3.8, 4) is 6.07 Å². The maximum absolute atomic E-state index is 12.7. The zero-order chi connectivity index (χ0) is 15.6. The lowest BCUT2D eigenvalue weighted by atomic mass is 9.86. The van der Waals surface area contributed by atoms with Gasteiger partial charge in [-0.1, -0.05) is 6.92 Å². The zero-order valence-corrected chi connectivity index (χ0v) is 11.8. The Kier molecular flexibility index (Phi) is 4.43. The van der Waals surface area contributed by atoms with Crippen LogP contribution in [0.1, 0.15) is 24.5 Å². The Bertz CT molecular complexity index is 548. The minimum Gasteiger partial charge on any atom is -0.370 e. The van der Waals surface area contributed by atoms with Crippen molar-refractivity contribution >= 4 is 5.69 Å². The summed E-state index contributed by atoms with van der Waals surface area (Å²) in [7, 11) is 0. The SMILES string of the molecule is CC1CCN(c2ccc(C(F)(F)F)cc2C#N)CC1CN. The van der Waals surface area contributed by atoms with Crippen molar-refractivity contribution in [2.24, 2.45) is 17.6 Å². The third kappa shape index (κ3) is 3.30. The molecule has 1 aliphatic rings. The molecular weight excluding hydrogens is 279 g/mol. The van der Waals surface area contributed by atoms with E-state index < -0.39 is 11.7 Å². The first-order valence-corrected chi connectivity index (χ1v) is 6.93. The summed E-state index contributed by atoms with van der Waals surface area (Å²) < 4.78 is 38.1. The minimum absolute atomic E-state index is 0.0650. The molecular formula is C15H18F3N3. The number of piperidine rings is 1. The van der Waals surface area contributed by atoms with Gasteiger partial charge in [0.25, 0.3) is 0 Å². The highest BCUT2D eigenvalue weighted by molar-refractivity contribution is 5.61. The van der Waals surface area contributed by atoms with Crippen LogP contribution < -0.4 is 10.6 Å². The summed E-state index contributed by atoms with van der Waals surface area (Å²) in [6.07, 6.45) is -3.51. The van der Waals surface area contributed by atoms with Crippen molar-refractivity contribution < 1.29 is 13.2 Å². The first-order chi connectivity index (χ1) is 9.86. The minimum atomic E-state index is -4.43. The molecule has 2 atom stereocenters. The molecule has 1 aromatic carbocycles. The molecule has 0 bridgehead atoms. The van der Waals surface area contributed by atoms with Crippen LogP contribution in [-0.4, -0.2) is 19.6 Å². The van der Waals surface area contributed by atoms with Crippen LogP contribution >= 0.6 is 0 Å². The molecule has 1 heterocycles. The lowest BCUT2D eigenvalue weighted by molar-refractivity contribution is -0.137. The van der Waals surface area contributed by atoms with Crippen molar-refractivity contribution in [2.45, 2.75) is 19.5 Å². The molecule has 21 heavy (non-hydrogen) atoms. The number of anilines is 1. The average molecular weight is 297 g/mol. The Morgan fingerprint density at radius 2 is 2.14 bits per heavy atom. The van der Waals surface area contributed by atoms with E-state index in [1.165, 1.54) is 6.07 Å². The number of alkyl halides is 3. The van der Waals surface area contributed by atoms with E-state index in [-0.39, 0.29) is 5.56 Å². The van der Waals surface area contributed by atoms with Crippen molar-refractivity contribution in [1.29, 1.82) is 5.26 Å². The molecule has 1 aromatic rings. The van der Waals surface area contributed by atoms with Gasteiger partial charge in [0.15, 0.2) is 0 Å². The predicted octanol–water partition coefficient (Wildman–Crippen LogP) is 3.00. The van der Waals surface area contributed by atoms with Crippen molar-refractivity contribution in [1.82, 2.24) is 0 Å². The molecule has 0 spiro atoms. The molecule has 2 rings (SSSR count). The predicted molar refractivity (Wildman–Crippen MR) is 74.7 cm³/mol. The van der Waals surface area contributed by atoms with Gasteiger partial charge in [0.05, 0.1) is 16.8 Å². The van der Waals surface area contributed by atoms with Gasteiger partial charge in [-0.05, 0) is 43.0 Å². The maximum Gasteiger partial charge on any atom is 0.416 e. The Hall–Kier alpha value is -1.74. The second-order valence-corrected chi connectivity index (χ2v) is 5.55. The molecule has 3 nitrogen and oxygen atoms in total. The number of hydrogen-bond donors (Lipinski definition) is 1. The number of rotatable bonds is 2. The number of nitrogens with two attached hydrogens (primary N) is 1. The quantitative estimate of drug-likeness (QED) is 0.913. The van der Waals surface area contributed by atoms with E-state index in [9.17, 15) is 13.2 Å². The highest BCUT2D eigenvalue weighted by Gasteiger charge is 2.32. The van der Waals surface area contributed by atoms with Crippen LogP contribution in [-0.2, 0) is 6.18 Å². The van der Waals surface area contributed by atoms with Crippen LogP contribution in [0, 0.1) is 23.2 Å². The van der Waals surface area contributed by atoms with Gasteiger partial charge in [0.1, 0.15) is 6.07 Å². The number of hydrogen-bond acceptors (Lipinski definition) is 3. The van der Waals surface area contributed by atoms with E-state index in [0.717, 1.165) is 25.1 Å². The monoisotopic (exact) mass is 297 g/mol. The Balaban J connectivity index is 2.30. The summed E-state index contributed by atoms with van der Waals surface area (Å²) >= 11 is 0. The fraction of sp³-hybridized carbons (Fsp3) is 0.533. The fourth-order valence-electron chi connectivity index (χ4n) is 2.75. The Morgan fingerprint density at radius 1 is 1.43 bits per heavy atom. The second-order valence-electron chi connectivity index (χ2n) is 5.55. The first kappa shape index (κ1) is 15.6. The molecule has 0 saturated carbocycles. The normalized spacial score (nSPS) is 23.0. The number of benzene rings is 1. The third-order valence-electron chi connectivity index (χ3n) is 4.20. The highest BCUT2D eigenvalue weighted by Crippen LogP contribution is 2.34. The second kappa shape index (κ2) is 5.94. The van der Waals surface area contributed by atoms with Crippen LogP contribution in [0.5, 0.6) is 0 Å². The van der Waals surface area contributed by atoms with Gasteiger partial charge >= 0.3 is 6.18 Å². The molecule has 1 fully saturated rings. The molecule has 0 aromatic heterocycles. The van der Waals surface area contributed by atoms with Crippen molar-refractivity contribution in [3.63, 3.8) is 0 Å². The van der Waals surface area contributed by atoms with Gasteiger partial charge in [-0.2, -0.15) is 18.4 Å². The van der Waals surface area contributed by atoms with Crippen LogP contribution in [0.3, 0.4) is 0 Å². The van der Waals surface area contributed by atoms with Gasteiger partial charge in [0, 0.05) is 13.1 Å². The Morgan fingerprint density at radius 3 is 2.71 bits per heavy atom. The summed E-state index contributed by atoms with van der Waals surface area (Å²) in [5, 5.41) is 9.15. The summed E-state index contributed by atoms with van der Waals surface area (Å²) in [5.41, 5.74) is 5.59. The first-order valence-electron chi connectivity index (χ1n) is 6.93. The summed E-state index contributed by atoms with van der Waals surface area (Å²) in [4.78, 5) is 1.97. The van der Waals surface area contributed by atoms with Crippen LogP contribution in [0.4, 0.5) is 18.9 Å². The molecule has 6 heteroatoms. The molecule has 1 saturated heterocycles. The summed E-state index contributed by atoms with van der Waals surface area (Å²) in [6, 6.07) is 5.23. The van der Waals surface area contributed by atoms with Crippen LogP contribution in [0.15, 0.2) is 18.2 Å². The van der Waals surface area contributed by atoms with Gasteiger partial charge in [-0.25, -0.2) is 0 Å². The van der Waals surface area contributed by atoms with E-state index in [4.69, 9.17) is 11.0 Å². The molecule has 2 unspecified atom stereocenters. The van der Waals surface area contributed by atoms with E-state index in [1.807, 2.05) is 11.0 Å². The number of nitriles is 1. The molecule has 0 radical (unpaired) electrons. The topological polar surface area (TPSA) is 53.0 Å². The smallest absolute Gasteiger partial charge is 0.370 e. The highest BCUT2D eigenvalue weighted by atomic mass is 19.4. The number of halogens is 3. The lowest BCUT2D eigenvalue weighted by Gasteiger charge is -2.38. The van der Waals surface area contributed by atoms with Crippen molar-refractivity contribution in [2.75, 3.05) is 24.5 Å². The summed E-state index contributed by atoms with van der Waals surface area (Å²) in [6.45, 7) is 4.09. The van der Waals surface area contributed by atoms with E-state index in [2.05, 4.69) is 6.92 Å².